The van der Waals surface area contributed by atoms with Crippen LogP contribution in [0.3, 0.4) is 0 Å². The molecule has 3 nitrogen and oxygen atoms in total. The molecule has 1 saturated heterocycles. The van der Waals surface area contributed by atoms with Crippen molar-refractivity contribution in [1.29, 1.82) is 0 Å². The van der Waals surface area contributed by atoms with Gasteiger partial charge < -0.3 is 10.2 Å². The second-order valence-corrected chi connectivity index (χ2v) is 5.57. The quantitative estimate of drug-likeness (QED) is 0.847. The van der Waals surface area contributed by atoms with Gasteiger partial charge in [0.1, 0.15) is 0 Å². The molecular weight excluding hydrogens is 220 g/mol. The highest BCUT2D eigenvalue weighted by Crippen LogP contribution is 2.29. The fraction of sp³-hybridized carbons (Fsp3) is 0.583. The highest BCUT2D eigenvalue weighted by molar-refractivity contribution is 7.12. The van der Waals surface area contributed by atoms with E-state index in [9.17, 15) is 4.79 Å². The third-order valence-electron chi connectivity index (χ3n) is 3.53. The van der Waals surface area contributed by atoms with Gasteiger partial charge in [0.15, 0.2) is 0 Å². The number of rotatable bonds is 2. The second kappa shape index (κ2) is 4.18. The van der Waals surface area contributed by atoms with Crippen molar-refractivity contribution in [1.82, 2.24) is 10.2 Å². The summed E-state index contributed by atoms with van der Waals surface area (Å²) in [6, 6.07) is 2.08. The second-order valence-electron chi connectivity index (χ2n) is 4.65. The largest absolute Gasteiger partial charge is 0.333 e. The van der Waals surface area contributed by atoms with Crippen LogP contribution in [0.15, 0.2) is 11.4 Å². The Morgan fingerprint density at radius 3 is 3.00 bits per heavy atom. The minimum absolute atomic E-state index is 0.253. The number of carbonyl (C=O) groups is 1. The Labute approximate surface area is 99.5 Å². The maximum absolute atomic E-state index is 12.1. The lowest BCUT2D eigenvalue weighted by atomic mass is 9.98. The van der Waals surface area contributed by atoms with Crippen LogP contribution in [0.1, 0.15) is 28.1 Å². The molecule has 1 fully saturated rings. The number of hydrogen-bond acceptors (Lipinski definition) is 3. The van der Waals surface area contributed by atoms with Gasteiger partial charge in [0.05, 0.1) is 4.88 Å². The summed E-state index contributed by atoms with van der Waals surface area (Å²) in [6.07, 6.45) is 2.41. The minimum atomic E-state index is 0.253. The molecule has 0 atom stereocenters. The van der Waals surface area contributed by atoms with Crippen LogP contribution in [0.25, 0.3) is 0 Å². The molecule has 86 valence electrons. The van der Waals surface area contributed by atoms with E-state index < -0.39 is 0 Å². The van der Waals surface area contributed by atoms with Crippen LogP contribution in [-0.2, 0) is 6.54 Å². The van der Waals surface area contributed by atoms with Gasteiger partial charge in [-0.1, -0.05) is 0 Å². The molecule has 0 radical (unpaired) electrons. The summed E-state index contributed by atoms with van der Waals surface area (Å²) in [5, 5.41) is 5.38. The van der Waals surface area contributed by atoms with E-state index in [1.165, 1.54) is 18.4 Å². The van der Waals surface area contributed by atoms with Crippen LogP contribution in [-0.4, -0.2) is 30.4 Å². The number of fused-ring (bicyclic) bond motifs is 1. The minimum Gasteiger partial charge on any atom is -0.333 e. The third-order valence-corrected chi connectivity index (χ3v) is 4.47. The molecule has 3 heterocycles. The van der Waals surface area contributed by atoms with Crippen LogP contribution in [0, 0.1) is 5.92 Å². The molecule has 1 aromatic rings. The van der Waals surface area contributed by atoms with Gasteiger partial charge in [0, 0.05) is 13.1 Å². The number of thiophene rings is 1. The van der Waals surface area contributed by atoms with Crippen molar-refractivity contribution in [2.75, 3.05) is 19.6 Å². The van der Waals surface area contributed by atoms with Gasteiger partial charge in [-0.2, -0.15) is 0 Å². The molecule has 16 heavy (non-hydrogen) atoms. The Hall–Kier alpha value is -0.870. The first-order chi connectivity index (χ1) is 7.84. The van der Waals surface area contributed by atoms with Gasteiger partial charge in [0.25, 0.3) is 5.91 Å². The average molecular weight is 236 g/mol. The van der Waals surface area contributed by atoms with E-state index in [0.717, 1.165) is 31.1 Å². The Balaban J connectivity index is 1.65. The summed E-state index contributed by atoms with van der Waals surface area (Å²) in [4.78, 5) is 15.0. The summed E-state index contributed by atoms with van der Waals surface area (Å²) >= 11 is 1.58. The third kappa shape index (κ3) is 1.76. The van der Waals surface area contributed by atoms with E-state index in [-0.39, 0.29) is 5.91 Å². The normalized spacial score (nSPS) is 21.5. The van der Waals surface area contributed by atoms with Crippen molar-refractivity contribution < 1.29 is 4.79 Å². The molecular formula is C12H16N2OS. The van der Waals surface area contributed by atoms with Crippen LogP contribution in [0.5, 0.6) is 0 Å². The molecule has 2 aliphatic rings. The summed E-state index contributed by atoms with van der Waals surface area (Å²) in [6.45, 7) is 3.99. The number of amides is 1. The zero-order valence-corrected chi connectivity index (χ0v) is 10.1. The van der Waals surface area contributed by atoms with Gasteiger partial charge in [0.2, 0.25) is 0 Å². The van der Waals surface area contributed by atoms with E-state index in [0.29, 0.717) is 5.92 Å². The Morgan fingerprint density at radius 2 is 2.25 bits per heavy atom. The first-order valence-electron chi connectivity index (χ1n) is 5.91. The summed E-state index contributed by atoms with van der Waals surface area (Å²) < 4.78 is 0. The molecule has 1 N–H and O–H groups in total. The smallest absolute Gasteiger partial charge is 0.264 e. The molecule has 0 bridgehead atoms. The monoisotopic (exact) mass is 236 g/mol. The molecule has 3 rings (SSSR count). The van der Waals surface area contributed by atoms with Gasteiger partial charge >= 0.3 is 0 Å². The summed E-state index contributed by atoms with van der Waals surface area (Å²) in [5.74, 6) is 0.947. The topological polar surface area (TPSA) is 32.3 Å². The number of hydrogen-bond donors (Lipinski definition) is 1. The van der Waals surface area contributed by atoms with Crippen molar-refractivity contribution in [3.05, 3.63) is 21.9 Å². The highest BCUT2D eigenvalue weighted by Gasteiger charge is 2.30. The Bertz CT molecular complexity index is 395. The van der Waals surface area contributed by atoms with Crippen LogP contribution < -0.4 is 5.32 Å². The predicted molar refractivity (Wildman–Crippen MR) is 64.7 cm³/mol. The molecule has 1 amide bonds. The van der Waals surface area contributed by atoms with Crippen molar-refractivity contribution in [2.45, 2.75) is 19.4 Å². The van der Waals surface area contributed by atoms with E-state index in [1.54, 1.807) is 11.3 Å². The van der Waals surface area contributed by atoms with E-state index in [1.807, 2.05) is 10.3 Å². The zero-order valence-electron chi connectivity index (χ0n) is 9.24. The molecule has 0 spiro atoms. The number of nitrogens with one attached hydrogen (secondary N) is 1. The SMILES string of the molecule is O=C1c2sccc2CN1CC1CCNCC1. The molecule has 0 aromatic carbocycles. The van der Waals surface area contributed by atoms with E-state index >= 15 is 0 Å². The lowest BCUT2D eigenvalue weighted by Gasteiger charge is -2.27. The van der Waals surface area contributed by atoms with Gasteiger partial charge in [-0.25, -0.2) is 0 Å². The van der Waals surface area contributed by atoms with Gasteiger partial charge in [-0.05, 0) is 48.9 Å². The van der Waals surface area contributed by atoms with Gasteiger partial charge in [-0.3, -0.25) is 4.79 Å². The fourth-order valence-corrected chi connectivity index (χ4v) is 3.47. The van der Waals surface area contributed by atoms with Crippen LogP contribution in [0.2, 0.25) is 0 Å². The fourth-order valence-electron chi connectivity index (χ4n) is 2.59. The van der Waals surface area contributed by atoms with Gasteiger partial charge in [-0.15, -0.1) is 11.3 Å². The van der Waals surface area contributed by atoms with Crippen molar-refractivity contribution >= 4 is 17.2 Å². The van der Waals surface area contributed by atoms with Crippen molar-refractivity contribution in [2.24, 2.45) is 5.92 Å². The molecule has 0 aliphatic carbocycles. The number of nitrogens with zero attached hydrogens (tertiary/aromatic N) is 1. The standard InChI is InChI=1S/C12H16N2OS/c15-12-11-10(3-6-16-11)8-14(12)7-9-1-4-13-5-2-9/h3,6,9,13H,1-2,4-5,7-8H2. The lowest BCUT2D eigenvalue weighted by molar-refractivity contribution is 0.0743. The molecule has 0 unspecified atom stereocenters. The lowest BCUT2D eigenvalue weighted by Crippen LogP contribution is -2.36. The average Bonchev–Trinajstić information content (AvgIpc) is 2.86. The number of carbonyl (C=O) groups excluding carboxylic acids is 1. The zero-order chi connectivity index (χ0) is 11.0. The summed E-state index contributed by atoms with van der Waals surface area (Å²) in [5.41, 5.74) is 1.23. The summed E-state index contributed by atoms with van der Waals surface area (Å²) in [7, 11) is 0. The Morgan fingerprint density at radius 1 is 1.44 bits per heavy atom. The number of piperidine rings is 1. The molecule has 4 heteroatoms. The first-order valence-corrected chi connectivity index (χ1v) is 6.79. The maximum Gasteiger partial charge on any atom is 0.264 e. The molecule has 1 aromatic heterocycles. The molecule has 2 aliphatic heterocycles. The Kier molecular flexibility index (Phi) is 2.69. The predicted octanol–water partition coefficient (Wildman–Crippen LogP) is 1.70. The van der Waals surface area contributed by atoms with Crippen LogP contribution in [0.4, 0.5) is 0 Å². The highest BCUT2D eigenvalue weighted by atomic mass is 32.1. The molecule has 0 saturated carbocycles. The van der Waals surface area contributed by atoms with Crippen LogP contribution >= 0.6 is 11.3 Å². The first kappa shape index (κ1) is 10.3. The maximum atomic E-state index is 12.1. The van der Waals surface area contributed by atoms with Crippen molar-refractivity contribution in [3.63, 3.8) is 0 Å². The van der Waals surface area contributed by atoms with Crippen molar-refractivity contribution in [3.8, 4) is 0 Å². The van der Waals surface area contributed by atoms with E-state index in [4.69, 9.17) is 0 Å². The van der Waals surface area contributed by atoms with E-state index in [2.05, 4.69) is 11.4 Å².